The van der Waals surface area contributed by atoms with Gasteiger partial charge in [-0.3, -0.25) is 9.78 Å². The maximum atomic E-state index is 11.6. The van der Waals surface area contributed by atoms with E-state index in [1.807, 2.05) is 4.98 Å². The van der Waals surface area contributed by atoms with Crippen LogP contribution in [-0.2, 0) is 0 Å². The van der Waals surface area contributed by atoms with Gasteiger partial charge in [0.15, 0.2) is 0 Å². The lowest BCUT2D eigenvalue weighted by atomic mass is 10.3. The summed E-state index contributed by atoms with van der Waals surface area (Å²) >= 11 is 3.17. The van der Waals surface area contributed by atoms with E-state index in [0.717, 1.165) is 4.68 Å². The molecule has 0 fully saturated rings. The lowest BCUT2D eigenvalue weighted by molar-refractivity contribution is 0.0685. The highest BCUT2D eigenvalue weighted by molar-refractivity contribution is 9.10. The zero-order valence-corrected chi connectivity index (χ0v) is 10.8. The van der Waals surface area contributed by atoms with Crippen molar-refractivity contribution < 1.29 is 9.90 Å². The average Bonchev–Trinajstić information content (AvgIpc) is 2.32. The summed E-state index contributed by atoms with van der Waals surface area (Å²) in [6.45, 7) is 0. The van der Waals surface area contributed by atoms with Gasteiger partial charge in [0.25, 0.3) is 5.56 Å². The van der Waals surface area contributed by atoms with E-state index in [1.54, 1.807) is 0 Å². The van der Waals surface area contributed by atoms with Crippen LogP contribution in [0.1, 0.15) is 10.5 Å². The second kappa shape index (κ2) is 4.69. The number of nitrogen functional groups attached to an aromatic ring is 1. The molecule has 2 rings (SSSR count). The summed E-state index contributed by atoms with van der Waals surface area (Å²) in [5, 5.41) is 12.3. The number of rotatable bonds is 2. The van der Waals surface area contributed by atoms with Crippen molar-refractivity contribution in [2.75, 3.05) is 5.73 Å². The molecule has 0 saturated heterocycles. The molecule has 1 aromatic heterocycles. The molecule has 0 saturated carbocycles. The van der Waals surface area contributed by atoms with Crippen molar-refractivity contribution in [1.29, 1.82) is 0 Å². The standard InChI is InChI=1S/C10H7BrN4O4/c11-5-3-4(1-2-6(5)12)15-10(19)13-8(16)7(14-15)9(17)18/h1-3H,12H2,(H,17,18)(H,13,16,19). The van der Waals surface area contributed by atoms with E-state index in [9.17, 15) is 14.4 Å². The molecule has 4 N–H and O–H groups in total. The molecule has 0 bridgehead atoms. The molecule has 8 nitrogen and oxygen atoms in total. The first-order valence-corrected chi connectivity index (χ1v) is 5.72. The van der Waals surface area contributed by atoms with Gasteiger partial charge in [0.1, 0.15) is 0 Å². The van der Waals surface area contributed by atoms with Crippen LogP contribution in [0, 0.1) is 0 Å². The quantitative estimate of drug-likeness (QED) is 0.664. The second-order valence-corrected chi connectivity index (χ2v) is 4.38. The number of nitrogens with one attached hydrogen (secondary N) is 1. The van der Waals surface area contributed by atoms with Crippen molar-refractivity contribution in [3.8, 4) is 5.69 Å². The molecule has 0 unspecified atom stereocenters. The third kappa shape index (κ3) is 2.40. The van der Waals surface area contributed by atoms with Gasteiger partial charge in [0.2, 0.25) is 5.69 Å². The summed E-state index contributed by atoms with van der Waals surface area (Å²) in [6.07, 6.45) is 0. The van der Waals surface area contributed by atoms with Gasteiger partial charge in [-0.05, 0) is 34.1 Å². The highest BCUT2D eigenvalue weighted by Gasteiger charge is 2.14. The maximum Gasteiger partial charge on any atom is 0.362 e. The molecule has 1 heterocycles. The molecule has 0 spiro atoms. The number of nitrogens with zero attached hydrogens (tertiary/aromatic N) is 2. The number of carbonyl (C=O) groups is 1. The first kappa shape index (κ1) is 13.0. The minimum Gasteiger partial charge on any atom is -0.476 e. The maximum absolute atomic E-state index is 11.6. The first-order chi connectivity index (χ1) is 8.90. The molecule has 0 amide bonds. The molecule has 0 aliphatic heterocycles. The Kier molecular flexibility index (Phi) is 3.21. The minimum absolute atomic E-state index is 0.268. The molecule has 2 aromatic rings. The zero-order chi connectivity index (χ0) is 14.2. The van der Waals surface area contributed by atoms with Crippen molar-refractivity contribution in [1.82, 2.24) is 14.8 Å². The smallest absolute Gasteiger partial charge is 0.362 e. The Labute approximate surface area is 113 Å². The third-order valence-electron chi connectivity index (χ3n) is 2.26. The summed E-state index contributed by atoms with van der Waals surface area (Å²) < 4.78 is 1.29. The van der Waals surface area contributed by atoms with Gasteiger partial charge >= 0.3 is 11.7 Å². The lowest BCUT2D eigenvalue weighted by Gasteiger charge is -2.06. The number of hydrogen-bond acceptors (Lipinski definition) is 5. The highest BCUT2D eigenvalue weighted by atomic mass is 79.9. The summed E-state index contributed by atoms with van der Waals surface area (Å²) in [4.78, 5) is 35.6. The monoisotopic (exact) mass is 326 g/mol. The van der Waals surface area contributed by atoms with Gasteiger partial charge in [-0.25, -0.2) is 9.59 Å². The zero-order valence-electron chi connectivity index (χ0n) is 9.25. The number of aromatic amines is 1. The Morgan fingerprint density at radius 1 is 1.42 bits per heavy atom. The van der Waals surface area contributed by atoms with Crippen molar-refractivity contribution in [3.63, 3.8) is 0 Å². The number of H-pyrrole nitrogens is 1. The number of carboxylic acid groups (broad SMARTS) is 1. The van der Waals surface area contributed by atoms with E-state index < -0.39 is 22.9 Å². The van der Waals surface area contributed by atoms with E-state index in [2.05, 4.69) is 21.0 Å². The lowest BCUT2D eigenvalue weighted by Crippen LogP contribution is -2.35. The molecule has 0 aliphatic carbocycles. The molecule has 0 aliphatic rings. The van der Waals surface area contributed by atoms with Gasteiger partial charge in [-0.1, -0.05) is 0 Å². The van der Waals surface area contributed by atoms with E-state index in [0.29, 0.717) is 10.2 Å². The van der Waals surface area contributed by atoms with E-state index in [4.69, 9.17) is 10.8 Å². The van der Waals surface area contributed by atoms with Crippen LogP contribution in [0.4, 0.5) is 5.69 Å². The highest BCUT2D eigenvalue weighted by Crippen LogP contribution is 2.21. The molecule has 0 radical (unpaired) electrons. The normalized spacial score (nSPS) is 10.4. The summed E-state index contributed by atoms with van der Waals surface area (Å²) in [5.41, 5.74) is 3.65. The molecular weight excluding hydrogens is 320 g/mol. The second-order valence-electron chi connectivity index (χ2n) is 3.53. The fraction of sp³-hybridized carbons (Fsp3) is 0. The molecule has 98 valence electrons. The van der Waals surface area contributed by atoms with E-state index in [1.165, 1.54) is 18.2 Å². The van der Waals surface area contributed by atoms with E-state index >= 15 is 0 Å². The molecule has 9 heteroatoms. The third-order valence-corrected chi connectivity index (χ3v) is 2.95. The van der Waals surface area contributed by atoms with Gasteiger partial charge < -0.3 is 10.8 Å². The first-order valence-electron chi connectivity index (χ1n) is 4.92. The number of aromatic carboxylic acids is 1. The molecule has 0 atom stereocenters. The number of carboxylic acids is 1. The molecular formula is C10H7BrN4O4. The predicted molar refractivity (Wildman–Crippen MR) is 69.5 cm³/mol. The van der Waals surface area contributed by atoms with Crippen LogP contribution < -0.4 is 17.0 Å². The topological polar surface area (TPSA) is 131 Å². The number of nitrogens with two attached hydrogens (primary N) is 1. The average molecular weight is 327 g/mol. The SMILES string of the molecule is Nc1ccc(-n2nc(C(=O)O)c(=O)[nH]c2=O)cc1Br. The Morgan fingerprint density at radius 3 is 2.68 bits per heavy atom. The Balaban J connectivity index is 2.71. The summed E-state index contributed by atoms with van der Waals surface area (Å²) in [7, 11) is 0. The Morgan fingerprint density at radius 2 is 2.11 bits per heavy atom. The summed E-state index contributed by atoms with van der Waals surface area (Å²) in [6, 6.07) is 4.46. The van der Waals surface area contributed by atoms with Crippen LogP contribution in [0.15, 0.2) is 32.3 Å². The largest absolute Gasteiger partial charge is 0.476 e. The predicted octanol–water partition coefficient (Wildman–Crippen LogP) is -0.0363. The molecule has 19 heavy (non-hydrogen) atoms. The fourth-order valence-electron chi connectivity index (χ4n) is 1.36. The Bertz CT molecular complexity index is 780. The number of anilines is 1. The fourth-order valence-corrected chi connectivity index (χ4v) is 1.73. The Hall–Kier alpha value is -2.42. The van der Waals surface area contributed by atoms with Gasteiger partial charge in [-0.15, -0.1) is 0 Å². The van der Waals surface area contributed by atoms with Gasteiger partial charge in [-0.2, -0.15) is 9.78 Å². The number of hydrogen-bond donors (Lipinski definition) is 3. The number of benzene rings is 1. The van der Waals surface area contributed by atoms with Crippen molar-refractivity contribution in [2.24, 2.45) is 0 Å². The van der Waals surface area contributed by atoms with Crippen molar-refractivity contribution in [3.05, 3.63) is 49.2 Å². The van der Waals surface area contributed by atoms with Crippen LogP contribution >= 0.6 is 15.9 Å². The van der Waals surface area contributed by atoms with Crippen molar-refractivity contribution in [2.45, 2.75) is 0 Å². The minimum atomic E-state index is -1.52. The summed E-state index contributed by atoms with van der Waals surface area (Å²) in [5.74, 6) is -1.52. The van der Waals surface area contributed by atoms with Gasteiger partial charge in [0.05, 0.1) is 5.69 Å². The number of aromatic nitrogens is 3. The number of halogens is 1. The molecule has 1 aromatic carbocycles. The van der Waals surface area contributed by atoms with Crippen LogP contribution in [0.5, 0.6) is 0 Å². The van der Waals surface area contributed by atoms with Crippen LogP contribution in [-0.4, -0.2) is 25.8 Å². The van der Waals surface area contributed by atoms with E-state index in [-0.39, 0.29) is 5.69 Å². The van der Waals surface area contributed by atoms with Crippen LogP contribution in [0.25, 0.3) is 5.69 Å². The van der Waals surface area contributed by atoms with Crippen LogP contribution in [0.3, 0.4) is 0 Å². The van der Waals surface area contributed by atoms with Crippen molar-refractivity contribution >= 4 is 27.6 Å². The van der Waals surface area contributed by atoms with Gasteiger partial charge in [0, 0.05) is 10.2 Å². The van der Waals surface area contributed by atoms with Crippen LogP contribution in [0.2, 0.25) is 0 Å².